The Kier molecular flexibility index (Phi) is 3.29. The van der Waals surface area contributed by atoms with E-state index in [0.29, 0.717) is 0 Å². The van der Waals surface area contributed by atoms with Crippen LogP contribution in [0.25, 0.3) is 0 Å². The van der Waals surface area contributed by atoms with Crippen LogP contribution in [0.4, 0.5) is 5.69 Å². The number of nitrogens with one attached hydrogen (secondary N) is 1. The summed E-state index contributed by atoms with van der Waals surface area (Å²) in [6.45, 7) is 5.20. The first-order valence-corrected chi connectivity index (χ1v) is 7.12. The van der Waals surface area contributed by atoms with Crippen LogP contribution >= 0.6 is 0 Å². The van der Waals surface area contributed by atoms with Gasteiger partial charge in [0.05, 0.1) is 0 Å². The van der Waals surface area contributed by atoms with E-state index >= 15 is 0 Å². The van der Waals surface area contributed by atoms with Crippen LogP contribution in [0.15, 0.2) is 42.5 Å². The van der Waals surface area contributed by atoms with E-state index in [1.54, 1.807) is 0 Å². The molecular formula is C18H21N. The van der Waals surface area contributed by atoms with Crippen molar-refractivity contribution >= 4 is 5.69 Å². The first-order valence-electron chi connectivity index (χ1n) is 7.12. The third kappa shape index (κ3) is 2.98. The molecule has 2 aromatic carbocycles. The minimum Gasteiger partial charge on any atom is -0.381 e. The molecule has 1 fully saturated rings. The predicted octanol–water partition coefficient (Wildman–Crippen LogP) is 4.79. The van der Waals surface area contributed by atoms with E-state index in [4.69, 9.17) is 0 Å². The molecule has 1 aliphatic rings. The van der Waals surface area contributed by atoms with E-state index in [2.05, 4.69) is 61.6 Å². The highest BCUT2D eigenvalue weighted by atomic mass is 14.9. The lowest BCUT2D eigenvalue weighted by Crippen LogP contribution is -2.00. The van der Waals surface area contributed by atoms with E-state index in [9.17, 15) is 0 Å². The molecular weight excluding hydrogens is 230 g/mol. The molecule has 98 valence electrons. The van der Waals surface area contributed by atoms with Crippen LogP contribution in [0.3, 0.4) is 0 Å². The third-order valence-electron chi connectivity index (χ3n) is 4.03. The summed E-state index contributed by atoms with van der Waals surface area (Å²) in [4.78, 5) is 0. The Morgan fingerprint density at radius 2 is 1.68 bits per heavy atom. The molecule has 1 nitrogen and oxygen atoms in total. The molecule has 0 heterocycles. The highest BCUT2D eigenvalue weighted by Crippen LogP contribution is 2.39. The van der Waals surface area contributed by atoms with Crippen LogP contribution in [0, 0.1) is 13.8 Å². The number of aryl methyl sites for hydroxylation is 2. The monoisotopic (exact) mass is 251 g/mol. The minimum absolute atomic E-state index is 0.849. The Morgan fingerprint density at radius 1 is 0.947 bits per heavy atom. The molecule has 0 spiro atoms. The molecule has 0 bridgehead atoms. The van der Waals surface area contributed by atoms with E-state index in [-0.39, 0.29) is 0 Å². The zero-order valence-corrected chi connectivity index (χ0v) is 11.7. The fourth-order valence-electron chi connectivity index (χ4n) is 2.38. The first kappa shape index (κ1) is 12.3. The van der Waals surface area contributed by atoms with Crippen molar-refractivity contribution in [3.63, 3.8) is 0 Å². The van der Waals surface area contributed by atoms with Crippen molar-refractivity contribution in [3.05, 3.63) is 64.7 Å². The highest BCUT2D eigenvalue weighted by Gasteiger charge is 2.22. The van der Waals surface area contributed by atoms with Crippen molar-refractivity contribution in [2.45, 2.75) is 39.2 Å². The van der Waals surface area contributed by atoms with Crippen LogP contribution < -0.4 is 5.32 Å². The number of hydrogen-bond acceptors (Lipinski definition) is 1. The van der Waals surface area contributed by atoms with E-state index in [0.717, 1.165) is 12.5 Å². The normalized spacial score (nSPS) is 14.4. The van der Waals surface area contributed by atoms with Crippen molar-refractivity contribution in [1.29, 1.82) is 0 Å². The maximum Gasteiger partial charge on any atom is 0.0400 e. The largest absolute Gasteiger partial charge is 0.381 e. The standard InChI is InChI=1S/C18H21N/c1-13-3-10-18(11-14(13)2)19-12-15-4-6-16(7-5-15)17-8-9-17/h3-7,10-11,17,19H,8-9,12H2,1-2H3. The van der Waals surface area contributed by atoms with Gasteiger partial charge in [0.25, 0.3) is 0 Å². The lowest BCUT2D eigenvalue weighted by atomic mass is 10.1. The van der Waals surface area contributed by atoms with Crippen LogP contribution in [0.5, 0.6) is 0 Å². The van der Waals surface area contributed by atoms with Gasteiger partial charge in [-0.2, -0.15) is 0 Å². The van der Waals surface area contributed by atoms with E-state index < -0.39 is 0 Å². The van der Waals surface area contributed by atoms with Gasteiger partial charge in [-0.05, 0) is 67.0 Å². The number of anilines is 1. The molecule has 0 aromatic heterocycles. The quantitative estimate of drug-likeness (QED) is 0.823. The number of benzene rings is 2. The van der Waals surface area contributed by atoms with Crippen LogP contribution in [0.2, 0.25) is 0 Å². The summed E-state index contributed by atoms with van der Waals surface area (Å²) in [7, 11) is 0. The van der Waals surface area contributed by atoms with Crippen molar-refractivity contribution in [1.82, 2.24) is 0 Å². The second kappa shape index (κ2) is 5.08. The van der Waals surface area contributed by atoms with E-state index in [1.165, 1.54) is 40.8 Å². The van der Waals surface area contributed by atoms with Crippen LogP contribution in [0.1, 0.15) is 41.0 Å². The van der Waals surface area contributed by atoms with Crippen molar-refractivity contribution in [3.8, 4) is 0 Å². The van der Waals surface area contributed by atoms with Crippen molar-refractivity contribution in [2.75, 3.05) is 5.32 Å². The maximum absolute atomic E-state index is 3.49. The summed E-state index contributed by atoms with van der Waals surface area (Å²) in [6.07, 6.45) is 2.75. The Bertz CT molecular complexity index is 565. The van der Waals surface area contributed by atoms with Gasteiger partial charge in [-0.15, -0.1) is 0 Å². The number of rotatable bonds is 4. The van der Waals surface area contributed by atoms with Crippen LogP contribution in [-0.2, 0) is 6.54 Å². The van der Waals surface area contributed by atoms with Gasteiger partial charge in [0, 0.05) is 12.2 Å². The zero-order chi connectivity index (χ0) is 13.2. The third-order valence-corrected chi connectivity index (χ3v) is 4.03. The molecule has 0 atom stereocenters. The first-order chi connectivity index (χ1) is 9.22. The lowest BCUT2D eigenvalue weighted by Gasteiger charge is -2.09. The Labute approximate surface area is 115 Å². The molecule has 1 N–H and O–H groups in total. The highest BCUT2D eigenvalue weighted by molar-refractivity contribution is 5.48. The smallest absolute Gasteiger partial charge is 0.0400 e. The molecule has 0 aliphatic heterocycles. The second-order valence-corrected chi connectivity index (χ2v) is 5.67. The van der Waals surface area contributed by atoms with Crippen LogP contribution in [-0.4, -0.2) is 0 Å². The number of hydrogen-bond donors (Lipinski definition) is 1. The Morgan fingerprint density at radius 3 is 2.32 bits per heavy atom. The molecule has 3 rings (SSSR count). The SMILES string of the molecule is Cc1ccc(NCc2ccc(C3CC3)cc2)cc1C. The average Bonchev–Trinajstić information content (AvgIpc) is 3.25. The predicted molar refractivity (Wildman–Crippen MR) is 81.7 cm³/mol. The van der Waals surface area contributed by atoms with Gasteiger partial charge in [-0.1, -0.05) is 30.3 Å². The summed E-state index contributed by atoms with van der Waals surface area (Å²) in [6, 6.07) is 15.6. The van der Waals surface area contributed by atoms with Gasteiger partial charge < -0.3 is 5.32 Å². The van der Waals surface area contributed by atoms with Gasteiger partial charge in [0.15, 0.2) is 0 Å². The molecule has 0 radical (unpaired) electrons. The molecule has 0 unspecified atom stereocenters. The van der Waals surface area contributed by atoms with Gasteiger partial charge in [0.2, 0.25) is 0 Å². The molecule has 0 saturated heterocycles. The lowest BCUT2D eigenvalue weighted by molar-refractivity contribution is 1.10. The summed E-state index contributed by atoms with van der Waals surface area (Å²) < 4.78 is 0. The fraction of sp³-hybridized carbons (Fsp3) is 0.333. The second-order valence-electron chi connectivity index (χ2n) is 5.67. The molecule has 2 aromatic rings. The Balaban J connectivity index is 1.63. The minimum atomic E-state index is 0.849. The average molecular weight is 251 g/mol. The molecule has 0 amide bonds. The van der Waals surface area contributed by atoms with Gasteiger partial charge in [-0.3, -0.25) is 0 Å². The fourth-order valence-corrected chi connectivity index (χ4v) is 2.38. The summed E-state index contributed by atoms with van der Waals surface area (Å²) in [5, 5.41) is 3.49. The molecule has 1 aliphatic carbocycles. The van der Waals surface area contributed by atoms with Gasteiger partial charge >= 0.3 is 0 Å². The molecule has 1 heteroatoms. The summed E-state index contributed by atoms with van der Waals surface area (Å²) in [5.74, 6) is 0.849. The van der Waals surface area contributed by atoms with Crippen molar-refractivity contribution in [2.24, 2.45) is 0 Å². The molecule has 19 heavy (non-hydrogen) atoms. The van der Waals surface area contributed by atoms with E-state index in [1.807, 2.05) is 0 Å². The zero-order valence-electron chi connectivity index (χ0n) is 11.7. The van der Waals surface area contributed by atoms with Gasteiger partial charge in [0.1, 0.15) is 0 Å². The van der Waals surface area contributed by atoms with Gasteiger partial charge in [-0.25, -0.2) is 0 Å². The summed E-state index contributed by atoms with van der Waals surface area (Å²) >= 11 is 0. The summed E-state index contributed by atoms with van der Waals surface area (Å²) in [5.41, 5.74) is 6.75. The Hall–Kier alpha value is -1.76. The molecule has 1 saturated carbocycles. The maximum atomic E-state index is 3.49. The topological polar surface area (TPSA) is 12.0 Å². The van der Waals surface area contributed by atoms with Crippen molar-refractivity contribution < 1.29 is 0 Å².